The minimum Gasteiger partial charge on any atom is -0.455 e. The van der Waals surface area contributed by atoms with Gasteiger partial charge in [0.2, 0.25) is 0 Å². The van der Waals surface area contributed by atoms with Crippen LogP contribution in [0.2, 0.25) is 0 Å². The van der Waals surface area contributed by atoms with Crippen molar-refractivity contribution < 1.29 is 8.83 Å². The van der Waals surface area contributed by atoms with E-state index in [2.05, 4.69) is 193 Å². The predicted molar refractivity (Wildman–Crippen MR) is 239 cm³/mol. The molecule has 2 aromatic heterocycles. The summed E-state index contributed by atoms with van der Waals surface area (Å²) < 4.78 is 13.2. The minimum absolute atomic E-state index is 0.900. The molecule has 0 spiro atoms. The molecular weight excluding hydrogens is 695 g/mol. The molecule has 12 aromatic rings. The van der Waals surface area contributed by atoms with Crippen molar-refractivity contribution in [2.45, 2.75) is 0 Å². The van der Waals surface area contributed by atoms with Crippen LogP contribution in [0.4, 0.5) is 17.1 Å². The van der Waals surface area contributed by atoms with Gasteiger partial charge in [-0.25, -0.2) is 0 Å². The molecule has 2 heterocycles. The van der Waals surface area contributed by atoms with Crippen molar-refractivity contribution in [3.05, 3.63) is 200 Å². The summed E-state index contributed by atoms with van der Waals surface area (Å²) in [5.41, 5.74) is 11.2. The number of furan rings is 2. The van der Waals surface area contributed by atoms with E-state index in [0.29, 0.717) is 0 Å². The molecule has 0 aliphatic heterocycles. The standard InChI is InChI=1S/C54H33NO2/c1-4-16-41-34(12-1)15-11-21-48(41)55(39-28-24-35(25-29-39)46-32-37-13-2-5-17-42(37)51-44-19-7-9-22-49(44)56-53(46)51)40-30-26-36(27-31-40)47-33-38-14-3-6-18-43(38)52-45-20-8-10-23-50(45)57-54(47)52/h1-33H. The largest absolute Gasteiger partial charge is 0.455 e. The van der Waals surface area contributed by atoms with Gasteiger partial charge in [0.1, 0.15) is 22.3 Å². The van der Waals surface area contributed by atoms with Crippen LogP contribution in [0, 0.1) is 0 Å². The molecule has 0 unspecified atom stereocenters. The zero-order valence-corrected chi connectivity index (χ0v) is 30.8. The Morgan fingerprint density at radius 2 is 0.719 bits per heavy atom. The van der Waals surface area contributed by atoms with E-state index in [1.165, 1.54) is 32.3 Å². The first kappa shape index (κ1) is 31.7. The molecule has 10 aromatic carbocycles. The number of para-hydroxylation sites is 2. The molecule has 12 rings (SSSR count). The molecule has 0 bridgehead atoms. The Labute approximate surface area is 328 Å². The molecule has 0 fully saturated rings. The molecule has 0 aliphatic rings. The van der Waals surface area contributed by atoms with E-state index in [4.69, 9.17) is 8.83 Å². The van der Waals surface area contributed by atoms with Gasteiger partial charge in [-0.15, -0.1) is 0 Å². The summed E-state index contributed by atoms with van der Waals surface area (Å²) in [5.74, 6) is 0. The van der Waals surface area contributed by atoms with Gasteiger partial charge < -0.3 is 13.7 Å². The molecule has 0 saturated heterocycles. The average Bonchev–Trinajstić information content (AvgIpc) is 3.87. The van der Waals surface area contributed by atoms with Gasteiger partial charge in [0.25, 0.3) is 0 Å². The van der Waals surface area contributed by atoms with Crippen molar-refractivity contribution in [1.82, 2.24) is 0 Å². The number of fused-ring (bicyclic) bond motifs is 11. The van der Waals surface area contributed by atoms with Crippen LogP contribution in [0.25, 0.3) is 98.4 Å². The lowest BCUT2D eigenvalue weighted by atomic mass is 9.95. The third kappa shape index (κ3) is 4.92. The lowest BCUT2D eigenvalue weighted by molar-refractivity contribution is 0.670. The fraction of sp³-hybridized carbons (Fsp3) is 0. The summed E-state index contributed by atoms with van der Waals surface area (Å²) >= 11 is 0. The van der Waals surface area contributed by atoms with Gasteiger partial charge in [-0.05, 0) is 92.7 Å². The van der Waals surface area contributed by atoms with Gasteiger partial charge in [-0.1, -0.05) is 146 Å². The summed E-state index contributed by atoms with van der Waals surface area (Å²) in [6.45, 7) is 0. The predicted octanol–water partition coefficient (Wildman–Crippen LogP) is 15.7. The lowest BCUT2D eigenvalue weighted by Crippen LogP contribution is -2.10. The second-order valence-electron chi connectivity index (χ2n) is 14.8. The van der Waals surface area contributed by atoms with Gasteiger partial charge in [0, 0.05) is 49.4 Å². The molecule has 57 heavy (non-hydrogen) atoms. The number of hydrogen-bond acceptors (Lipinski definition) is 3. The summed E-state index contributed by atoms with van der Waals surface area (Å²) in [6, 6.07) is 71.4. The molecule has 3 nitrogen and oxygen atoms in total. The van der Waals surface area contributed by atoms with Crippen molar-refractivity contribution in [1.29, 1.82) is 0 Å². The summed E-state index contributed by atoms with van der Waals surface area (Å²) in [7, 11) is 0. The third-order valence-electron chi connectivity index (χ3n) is 11.6. The molecule has 0 N–H and O–H groups in total. The molecule has 0 amide bonds. The van der Waals surface area contributed by atoms with Crippen LogP contribution in [0.15, 0.2) is 209 Å². The van der Waals surface area contributed by atoms with Gasteiger partial charge in [-0.2, -0.15) is 0 Å². The van der Waals surface area contributed by atoms with Crippen LogP contribution in [0.5, 0.6) is 0 Å². The van der Waals surface area contributed by atoms with Crippen LogP contribution in [0.3, 0.4) is 0 Å². The van der Waals surface area contributed by atoms with Crippen LogP contribution >= 0.6 is 0 Å². The summed E-state index contributed by atoms with van der Waals surface area (Å²) in [4.78, 5) is 2.37. The highest BCUT2D eigenvalue weighted by Crippen LogP contribution is 2.45. The van der Waals surface area contributed by atoms with Gasteiger partial charge >= 0.3 is 0 Å². The average molecular weight is 728 g/mol. The Hall–Kier alpha value is -7.62. The van der Waals surface area contributed by atoms with Gasteiger partial charge in [0.05, 0.1) is 5.69 Å². The van der Waals surface area contributed by atoms with E-state index in [1.807, 2.05) is 12.1 Å². The van der Waals surface area contributed by atoms with Crippen LogP contribution in [0.1, 0.15) is 0 Å². The van der Waals surface area contributed by atoms with E-state index in [9.17, 15) is 0 Å². The monoisotopic (exact) mass is 727 g/mol. The number of nitrogens with zero attached hydrogens (tertiary/aromatic N) is 1. The second-order valence-corrected chi connectivity index (χ2v) is 14.8. The highest BCUT2D eigenvalue weighted by molar-refractivity contribution is 6.23. The van der Waals surface area contributed by atoms with Crippen molar-refractivity contribution >= 4 is 93.3 Å². The number of benzene rings is 10. The first-order chi connectivity index (χ1) is 28.3. The zero-order valence-electron chi connectivity index (χ0n) is 30.8. The topological polar surface area (TPSA) is 29.5 Å². The summed E-state index contributed by atoms with van der Waals surface area (Å²) in [5, 5.41) is 11.8. The Kier molecular flexibility index (Phi) is 6.93. The molecule has 3 heteroatoms. The van der Waals surface area contributed by atoms with E-state index >= 15 is 0 Å². The van der Waals surface area contributed by atoms with Crippen LogP contribution in [-0.4, -0.2) is 0 Å². The maximum Gasteiger partial charge on any atom is 0.143 e. The number of rotatable bonds is 5. The van der Waals surface area contributed by atoms with Crippen LogP contribution in [-0.2, 0) is 0 Å². The Bertz CT molecular complexity index is 3320. The van der Waals surface area contributed by atoms with E-state index < -0.39 is 0 Å². The van der Waals surface area contributed by atoms with Crippen molar-refractivity contribution in [3.8, 4) is 22.3 Å². The summed E-state index contributed by atoms with van der Waals surface area (Å²) in [6.07, 6.45) is 0. The highest BCUT2D eigenvalue weighted by Gasteiger charge is 2.20. The van der Waals surface area contributed by atoms with E-state index in [1.54, 1.807) is 0 Å². The third-order valence-corrected chi connectivity index (χ3v) is 11.6. The van der Waals surface area contributed by atoms with Crippen LogP contribution < -0.4 is 4.90 Å². The minimum atomic E-state index is 0.900. The maximum atomic E-state index is 6.61. The Morgan fingerprint density at radius 3 is 1.23 bits per heavy atom. The fourth-order valence-electron chi connectivity index (χ4n) is 8.99. The Morgan fingerprint density at radius 1 is 0.316 bits per heavy atom. The van der Waals surface area contributed by atoms with Gasteiger partial charge in [0.15, 0.2) is 0 Å². The van der Waals surface area contributed by atoms with Crippen molar-refractivity contribution in [3.63, 3.8) is 0 Å². The quantitative estimate of drug-likeness (QED) is 0.177. The van der Waals surface area contributed by atoms with Gasteiger partial charge in [-0.3, -0.25) is 0 Å². The van der Waals surface area contributed by atoms with Crippen molar-refractivity contribution in [2.75, 3.05) is 4.90 Å². The van der Waals surface area contributed by atoms with E-state index in [-0.39, 0.29) is 0 Å². The molecule has 0 radical (unpaired) electrons. The first-order valence-corrected chi connectivity index (χ1v) is 19.4. The second kappa shape index (κ2) is 12.5. The molecular formula is C54H33NO2. The number of hydrogen-bond donors (Lipinski definition) is 0. The Balaban J connectivity index is 1.01. The highest BCUT2D eigenvalue weighted by atomic mass is 16.3. The smallest absolute Gasteiger partial charge is 0.143 e. The molecule has 0 aliphatic carbocycles. The fourth-order valence-corrected chi connectivity index (χ4v) is 8.99. The molecule has 0 atom stereocenters. The van der Waals surface area contributed by atoms with Crippen molar-refractivity contribution in [2.24, 2.45) is 0 Å². The normalized spacial score (nSPS) is 11.9. The first-order valence-electron chi connectivity index (χ1n) is 19.4. The van der Waals surface area contributed by atoms with E-state index in [0.717, 1.165) is 83.2 Å². The zero-order chi connectivity index (χ0) is 37.5. The maximum absolute atomic E-state index is 6.61. The SMILES string of the molecule is c1ccc2c(N(c3ccc(-c4cc5ccccc5c5c4oc4ccccc45)cc3)c3ccc(-c4cc5ccccc5c5c4oc4ccccc45)cc3)cccc2c1. The lowest BCUT2D eigenvalue weighted by Gasteiger charge is -2.27. The number of anilines is 3. The molecule has 0 saturated carbocycles. The molecule has 266 valence electrons.